The van der Waals surface area contributed by atoms with Crippen LogP contribution in [0.2, 0.25) is 0 Å². The molecule has 2 rings (SSSR count). The molecule has 0 amide bonds. The molecule has 2 aromatic heterocycles. The minimum Gasteiger partial charge on any atom is -0.466 e. The van der Waals surface area contributed by atoms with Gasteiger partial charge >= 0.3 is 0 Å². The van der Waals surface area contributed by atoms with Gasteiger partial charge in [-0.15, -0.1) is 0 Å². The molecule has 0 atom stereocenters. The third kappa shape index (κ3) is 2.15. The summed E-state index contributed by atoms with van der Waals surface area (Å²) >= 11 is 0. The molecule has 2 aromatic rings. The second-order valence-electron chi connectivity index (χ2n) is 4.90. The second kappa shape index (κ2) is 4.52. The number of allylic oxidation sites excluding steroid dienone is 2. The van der Waals surface area contributed by atoms with Crippen LogP contribution in [0.5, 0.6) is 0 Å². The maximum Gasteiger partial charge on any atom is 0.108 e. The van der Waals surface area contributed by atoms with Gasteiger partial charge in [-0.05, 0) is 64.8 Å². The van der Waals surface area contributed by atoms with Crippen molar-refractivity contribution in [2.75, 3.05) is 0 Å². The molecule has 2 heterocycles. The van der Waals surface area contributed by atoms with Crippen LogP contribution in [-0.2, 0) is 0 Å². The molecule has 0 aromatic carbocycles. The summed E-state index contributed by atoms with van der Waals surface area (Å²) in [6, 6.07) is 4.19. The maximum absolute atomic E-state index is 5.60. The summed E-state index contributed by atoms with van der Waals surface area (Å²) in [5.41, 5.74) is 4.85. The zero-order valence-corrected chi connectivity index (χ0v) is 12.0. The van der Waals surface area contributed by atoms with Gasteiger partial charge in [0.05, 0.1) is 0 Å². The molecule has 2 heteroatoms. The van der Waals surface area contributed by atoms with Crippen molar-refractivity contribution in [2.24, 2.45) is 0 Å². The molecule has 0 radical (unpaired) electrons. The highest BCUT2D eigenvalue weighted by Crippen LogP contribution is 2.32. The van der Waals surface area contributed by atoms with Gasteiger partial charge in [0.15, 0.2) is 0 Å². The molecule has 0 spiro atoms. The first-order valence-electron chi connectivity index (χ1n) is 6.22. The fourth-order valence-corrected chi connectivity index (χ4v) is 2.41. The monoisotopic (exact) mass is 244 g/mol. The third-order valence-corrected chi connectivity index (χ3v) is 3.45. The summed E-state index contributed by atoms with van der Waals surface area (Å²) in [5, 5.41) is 0. The minimum absolute atomic E-state index is 0.953. The Labute approximate surface area is 108 Å². The van der Waals surface area contributed by atoms with E-state index < -0.39 is 0 Å². The quantitative estimate of drug-likeness (QED) is 0.738. The molecule has 18 heavy (non-hydrogen) atoms. The van der Waals surface area contributed by atoms with Crippen LogP contribution in [0.1, 0.15) is 48.0 Å². The van der Waals surface area contributed by atoms with E-state index in [4.69, 9.17) is 8.83 Å². The van der Waals surface area contributed by atoms with Crippen LogP contribution in [-0.4, -0.2) is 0 Å². The van der Waals surface area contributed by atoms with Crippen molar-refractivity contribution in [3.63, 3.8) is 0 Å². The highest BCUT2D eigenvalue weighted by atomic mass is 16.3. The van der Waals surface area contributed by atoms with Gasteiger partial charge in [-0.25, -0.2) is 0 Å². The molecule has 2 nitrogen and oxygen atoms in total. The number of hydrogen-bond acceptors (Lipinski definition) is 2. The minimum atomic E-state index is 0.953. The Bertz CT molecular complexity index is 555. The molecule has 0 aliphatic heterocycles. The number of aryl methyl sites for hydroxylation is 4. The third-order valence-electron chi connectivity index (χ3n) is 3.45. The largest absolute Gasteiger partial charge is 0.466 e. The Hall–Kier alpha value is -1.70. The lowest BCUT2D eigenvalue weighted by molar-refractivity contribution is 0.503. The van der Waals surface area contributed by atoms with E-state index in [9.17, 15) is 0 Å². The highest BCUT2D eigenvalue weighted by Gasteiger charge is 2.13. The zero-order chi connectivity index (χ0) is 13.4. The van der Waals surface area contributed by atoms with E-state index in [1.165, 1.54) is 22.3 Å². The second-order valence-corrected chi connectivity index (χ2v) is 4.90. The van der Waals surface area contributed by atoms with Crippen molar-refractivity contribution in [3.05, 3.63) is 46.3 Å². The van der Waals surface area contributed by atoms with Crippen LogP contribution in [0.4, 0.5) is 0 Å². The van der Waals surface area contributed by atoms with Gasteiger partial charge in [-0.1, -0.05) is 0 Å². The van der Waals surface area contributed by atoms with Crippen molar-refractivity contribution in [1.29, 1.82) is 0 Å². The maximum atomic E-state index is 5.60. The van der Waals surface area contributed by atoms with Crippen LogP contribution in [0.25, 0.3) is 11.1 Å². The Balaban J connectivity index is 2.54. The van der Waals surface area contributed by atoms with Gasteiger partial charge in [0, 0.05) is 11.1 Å². The summed E-state index contributed by atoms with van der Waals surface area (Å²) in [5.74, 6) is 3.86. The Morgan fingerprint density at radius 3 is 1.28 bits per heavy atom. The van der Waals surface area contributed by atoms with Crippen molar-refractivity contribution in [1.82, 2.24) is 0 Å². The van der Waals surface area contributed by atoms with Crippen LogP contribution in [0.15, 0.2) is 21.0 Å². The Morgan fingerprint density at radius 1 is 0.722 bits per heavy atom. The average Bonchev–Trinajstić information content (AvgIpc) is 2.79. The highest BCUT2D eigenvalue weighted by molar-refractivity contribution is 5.90. The fourth-order valence-electron chi connectivity index (χ4n) is 2.41. The zero-order valence-electron chi connectivity index (χ0n) is 12.0. The molecular weight excluding hydrogens is 224 g/mol. The normalized spacial score (nSPS) is 12.8. The smallest absolute Gasteiger partial charge is 0.108 e. The van der Waals surface area contributed by atoms with Crippen LogP contribution < -0.4 is 0 Å². The van der Waals surface area contributed by atoms with Crippen molar-refractivity contribution in [2.45, 2.75) is 41.5 Å². The standard InChI is InChI=1S/C16H20O2/c1-9-7-15(13(5)17-9)11(3)12(4)16-8-10(2)18-14(16)6/h7-8H,1-6H3. The van der Waals surface area contributed by atoms with Crippen LogP contribution >= 0.6 is 0 Å². The number of hydrogen-bond donors (Lipinski definition) is 0. The predicted molar refractivity (Wildman–Crippen MR) is 74.5 cm³/mol. The van der Waals surface area contributed by atoms with Gasteiger partial charge in [0.1, 0.15) is 23.0 Å². The molecule has 0 unspecified atom stereocenters. The molecular formula is C16H20O2. The van der Waals surface area contributed by atoms with E-state index in [1.807, 2.05) is 27.7 Å². The first-order chi connectivity index (χ1) is 8.40. The van der Waals surface area contributed by atoms with E-state index in [-0.39, 0.29) is 0 Å². The van der Waals surface area contributed by atoms with E-state index in [0.717, 1.165) is 23.0 Å². The lowest BCUT2D eigenvalue weighted by Gasteiger charge is -2.06. The van der Waals surface area contributed by atoms with E-state index in [0.29, 0.717) is 0 Å². The molecule has 0 aliphatic rings. The van der Waals surface area contributed by atoms with Crippen molar-refractivity contribution >= 4 is 11.1 Å². The summed E-state index contributed by atoms with van der Waals surface area (Å²) in [6.07, 6.45) is 0. The van der Waals surface area contributed by atoms with Crippen LogP contribution in [0, 0.1) is 27.7 Å². The molecule has 0 aliphatic carbocycles. The van der Waals surface area contributed by atoms with E-state index >= 15 is 0 Å². The van der Waals surface area contributed by atoms with Gasteiger partial charge in [0.25, 0.3) is 0 Å². The summed E-state index contributed by atoms with van der Waals surface area (Å²) < 4.78 is 11.2. The Morgan fingerprint density at radius 2 is 1.06 bits per heavy atom. The molecule has 0 saturated carbocycles. The summed E-state index contributed by atoms with van der Waals surface area (Å²) in [4.78, 5) is 0. The van der Waals surface area contributed by atoms with Gasteiger partial charge in [-0.2, -0.15) is 0 Å². The molecule has 96 valence electrons. The molecule has 0 fully saturated rings. The molecule has 0 N–H and O–H groups in total. The molecule has 0 bridgehead atoms. The topological polar surface area (TPSA) is 26.3 Å². The van der Waals surface area contributed by atoms with Gasteiger partial charge in [0.2, 0.25) is 0 Å². The van der Waals surface area contributed by atoms with Gasteiger partial charge < -0.3 is 8.83 Å². The summed E-state index contributed by atoms with van der Waals surface area (Å²) in [6.45, 7) is 12.2. The molecule has 0 saturated heterocycles. The van der Waals surface area contributed by atoms with Crippen LogP contribution in [0.3, 0.4) is 0 Å². The lowest BCUT2D eigenvalue weighted by atomic mass is 9.97. The average molecular weight is 244 g/mol. The Kier molecular flexibility index (Phi) is 3.20. The predicted octanol–water partition coefficient (Wildman–Crippen LogP) is 5.06. The van der Waals surface area contributed by atoms with Crippen molar-refractivity contribution in [3.8, 4) is 0 Å². The van der Waals surface area contributed by atoms with E-state index in [2.05, 4.69) is 26.0 Å². The van der Waals surface area contributed by atoms with Gasteiger partial charge in [-0.3, -0.25) is 0 Å². The summed E-state index contributed by atoms with van der Waals surface area (Å²) in [7, 11) is 0. The number of furan rings is 2. The first kappa shape index (κ1) is 12.7. The lowest BCUT2D eigenvalue weighted by Crippen LogP contribution is -1.86. The number of rotatable bonds is 2. The fraction of sp³-hybridized carbons (Fsp3) is 0.375. The first-order valence-corrected chi connectivity index (χ1v) is 6.22. The SMILES string of the molecule is CC(=C(C)c1cc(C)oc1C)c1cc(C)oc1C. The van der Waals surface area contributed by atoms with Crippen molar-refractivity contribution < 1.29 is 8.83 Å². The van der Waals surface area contributed by atoms with E-state index in [1.54, 1.807) is 0 Å².